The lowest BCUT2D eigenvalue weighted by Crippen LogP contribution is -2.27. The van der Waals surface area contributed by atoms with Crippen molar-refractivity contribution in [3.63, 3.8) is 0 Å². The lowest BCUT2D eigenvalue weighted by atomic mass is 9.89. The summed E-state index contributed by atoms with van der Waals surface area (Å²) >= 11 is 6.44. The molecule has 0 amide bonds. The van der Waals surface area contributed by atoms with Crippen LogP contribution < -0.4 is 10.3 Å². The van der Waals surface area contributed by atoms with Crippen LogP contribution in [0.25, 0.3) is 22.0 Å². The van der Waals surface area contributed by atoms with Crippen LogP contribution in [0.5, 0.6) is 11.5 Å². The molecule has 0 bridgehead atoms. The van der Waals surface area contributed by atoms with Crippen LogP contribution in [-0.4, -0.2) is 4.57 Å². The molecular weight excluding hydrogens is 418 g/mol. The van der Waals surface area contributed by atoms with Crippen molar-refractivity contribution in [3.05, 3.63) is 94.2 Å². The first-order chi connectivity index (χ1) is 15.7. The number of nitrogens with zero attached hydrogens (tertiary/aromatic N) is 1. The fourth-order valence-electron chi connectivity index (χ4n) is 4.72. The van der Waals surface area contributed by atoms with Crippen molar-refractivity contribution in [2.75, 3.05) is 0 Å². The molecule has 1 heterocycles. The second-order valence-electron chi connectivity index (χ2n) is 8.59. The maximum atomic E-state index is 13.6. The zero-order valence-corrected chi connectivity index (χ0v) is 18.7. The van der Waals surface area contributed by atoms with E-state index in [1.165, 1.54) is 32.1 Å². The van der Waals surface area contributed by atoms with Gasteiger partial charge in [-0.05, 0) is 78.2 Å². The minimum absolute atomic E-state index is 0.00159. The molecule has 0 atom stereocenters. The average Bonchev–Trinajstić information content (AvgIpc) is 2.83. The molecule has 0 unspecified atom stereocenters. The molecule has 162 valence electrons. The van der Waals surface area contributed by atoms with Crippen LogP contribution in [0, 0.1) is 5.92 Å². The van der Waals surface area contributed by atoms with Gasteiger partial charge in [0.1, 0.15) is 11.5 Å². The lowest BCUT2D eigenvalue weighted by molar-refractivity contribution is 0.318. The predicted molar refractivity (Wildman–Crippen MR) is 132 cm³/mol. The Morgan fingerprint density at radius 2 is 1.56 bits per heavy atom. The Balaban J connectivity index is 1.55. The predicted octanol–water partition coefficient (Wildman–Crippen LogP) is 7.69. The van der Waals surface area contributed by atoms with E-state index in [4.69, 9.17) is 16.3 Å². The number of fused-ring (bicyclic) bond motifs is 1. The molecule has 1 aliphatic rings. The summed E-state index contributed by atoms with van der Waals surface area (Å²) in [4.78, 5) is 13.6. The summed E-state index contributed by atoms with van der Waals surface area (Å²) in [5.74, 6) is 2.10. The fraction of sp³-hybridized carbons (Fsp3) is 0.250. The molecule has 1 fully saturated rings. The smallest absolute Gasteiger partial charge is 0.260 e. The number of halogens is 1. The summed E-state index contributed by atoms with van der Waals surface area (Å²) in [5, 5.41) is 2.00. The van der Waals surface area contributed by atoms with Crippen molar-refractivity contribution in [2.45, 2.75) is 38.6 Å². The van der Waals surface area contributed by atoms with Gasteiger partial charge in [0, 0.05) is 6.54 Å². The van der Waals surface area contributed by atoms with Gasteiger partial charge in [-0.15, -0.1) is 0 Å². The van der Waals surface area contributed by atoms with E-state index in [9.17, 15) is 4.79 Å². The van der Waals surface area contributed by atoms with Crippen LogP contribution in [0.1, 0.15) is 32.1 Å². The van der Waals surface area contributed by atoms with E-state index < -0.39 is 0 Å². The quantitative estimate of drug-likeness (QED) is 0.316. The van der Waals surface area contributed by atoms with Gasteiger partial charge in [0.2, 0.25) is 0 Å². The first kappa shape index (κ1) is 20.8. The van der Waals surface area contributed by atoms with Crippen molar-refractivity contribution < 1.29 is 4.74 Å². The molecule has 0 N–H and O–H groups in total. The standard InChI is InChI=1S/C28H26ClNO2/c29-25-13-7-10-22-18-26(30(28(31)27(22)25)19-20-8-3-1-4-9-20)21-14-16-24(17-15-21)32-23-11-5-2-6-12-23/h2,5-7,10-18,20H,1,3-4,8-9,19H2. The van der Waals surface area contributed by atoms with Crippen molar-refractivity contribution in [3.8, 4) is 22.8 Å². The highest BCUT2D eigenvalue weighted by molar-refractivity contribution is 6.35. The van der Waals surface area contributed by atoms with E-state index in [1.807, 2.05) is 71.3 Å². The number of rotatable bonds is 5. The molecule has 1 saturated carbocycles. The van der Waals surface area contributed by atoms with E-state index in [0.29, 0.717) is 16.3 Å². The summed E-state index contributed by atoms with van der Waals surface area (Å²) in [7, 11) is 0. The van der Waals surface area contributed by atoms with Gasteiger partial charge in [0.25, 0.3) is 5.56 Å². The van der Waals surface area contributed by atoms with Gasteiger partial charge in [-0.2, -0.15) is 0 Å². The molecule has 1 aromatic heterocycles. The van der Waals surface area contributed by atoms with Crippen molar-refractivity contribution in [1.29, 1.82) is 0 Å². The van der Waals surface area contributed by atoms with E-state index in [0.717, 1.165) is 34.7 Å². The Bertz CT molecular complexity index is 1270. The number of pyridine rings is 1. The van der Waals surface area contributed by atoms with E-state index in [2.05, 4.69) is 6.07 Å². The Labute approximate surface area is 193 Å². The van der Waals surface area contributed by atoms with Gasteiger partial charge in [0.15, 0.2) is 0 Å². The van der Waals surface area contributed by atoms with Gasteiger partial charge >= 0.3 is 0 Å². The third-order valence-corrected chi connectivity index (χ3v) is 6.70. The van der Waals surface area contributed by atoms with Gasteiger partial charge in [-0.3, -0.25) is 4.79 Å². The number of ether oxygens (including phenoxy) is 1. The number of para-hydroxylation sites is 1. The third-order valence-electron chi connectivity index (χ3n) is 6.38. The molecule has 0 spiro atoms. The highest BCUT2D eigenvalue weighted by atomic mass is 35.5. The van der Waals surface area contributed by atoms with E-state index in [1.54, 1.807) is 6.07 Å². The number of aromatic nitrogens is 1. The molecular formula is C28H26ClNO2. The van der Waals surface area contributed by atoms with E-state index in [-0.39, 0.29) is 5.56 Å². The van der Waals surface area contributed by atoms with Gasteiger partial charge in [0.05, 0.1) is 16.1 Å². The maximum Gasteiger partial charge on any atom is 0.260 e. The monoisotopic (exact) mass is 443 g/mol. The molecule has 0 radical (unpaired) electrons. The Morgan fingerprint density at radius 3 is 2.31 bits per heavy atom. The zero-order chi connectivity index (χ0) is 21.9. The molecule has 3 aromatic carbocycles. The molecule has 0 aliphatic heterocycles. The van der Waals surface area contributed by atoms with Crippen molar-refractivity contribution >= 4 is 22.4 Å². The summed E-state index contributed by atoms with van der Waals surface area (Å²) in [6.45, 7) is 0.734. The van der Waals surface area contributed by atoms with Gasteiger partial charge in [-0.25, -0.2) is 0 Å². The molecule has 32 heavy (non-hydrogen) atoms. The summed E-state index contributed by atoms with van der Waals surface area (Å²) < 4.78 is 7.89. The minimum atomic E-state index is -0.00159. The average molecular weight is 444 g/mol. The van der Waals surface area contributed by atoms with Crippen LogP contribution in [-0.2, 0) is 6.54 Å². The highest BCUT2D eigenvalue weighted by Crippen LogP contribution is 2.31. The Kier molecular flexibility index (Phi) is 6.00. The SMILES string of the molecule is O=c1c2c(Cl)cccc2cc(-c2ccc(Oc3ccccc3)cc2)n1CC1CCCCC1. The lowest BCUT2D eigenvalue weighted by Gasteiger charge is -2.24. The first-order valence-corrected chi connectivity index (χ1v) is 11.7. The third kappa shape index (κ3) is 4.31. The van der Waals surface area contributed by atoms with E-state index >= 15 is 0 Å². The summed E-state index contributed by atoms with van der Waals surface area (Å²) in [6, 6.07) is 25.5. The zero-order valence-electron chi connectivity index (χ0n) is 18.0. The first-order valence-electron chi connectivity index (χ1n) is 11.3. The minimum Gasteiger partial charge on any atom is -0.457 e. The molecule has 3 nitrogen and oxygen atoms in total. The Hall–Kier alpha value is -3.04. The van der Waals surface area contributed by atoms with Gasteiger partial charge < -0.3 is 9.30 Å². The number of hydrogen-bond acceptors (Lipinski definition) is 2. The normalized spacial score (nSPS) is 14.5. The second-order valence-corrected chi connectivity index (χ2v) is 9.00. The molecule has 4 heteroatoms. The topological polar surface area (TPSA) is 31.2 Å². The van der Waals surface area contributed by atoms with Crippen LogP contribution in [0.15, 0.2) is 83.7 Å². The Morgan fingerprint density at radius 1 is 0.844 bits per heavy atom. The maximum absolute atomic E-state index is 13.6. The number of benzene rings is 3. The van der Waals surface area contributed by atoms with Crippen LogP contribution >= 0.6 is 11.6 Å². The highest BCUT2D eigenvalue weighted by Gasteiger charge is 2.19. The molecule has 0 saturated heterocycles. The largest absolute Gasteiger partial charge is 0.457 e. The summed E-state index contributed by atoms with van der Waals surface area (Å²) in [5.41, 5.74) is 1.93. The fourth-order valence-corrected chi connectivity index (χ4v) is 4.99. The summed E-state index contributed by atoms with van der Waals surface area (Å²) in [6.07, 6.45) is 6.14. The van der Waals surface area contributed by atoms with Crippen LogP contribution in [0.4, 0.5) is 0 Å². The van der Waals surface area contributed by atoms with Crippen molar-refractivity contribution in [2.24, 2.45) is 5.92 Å². The molecule has 1 aliphatic carbocycles. The molecule has 5 rings (SSSR count). The van der Waals surface area contributed by atoms with Crippen LogP contribution in [0.3, 0.4) is 0 Å². The van der Waals surface area contributed by atoms with Gasteiger partial charge in [-0.1, -0.05) is 61.2 Å². The van der Waals surface area contributed by atoms with Crippen LogP contribution in [0.2, 0.25) is 5.02 Å². The molecule has 4 aromatic rings. The number of hydrogen-bond donors (Lipinski definition) is 0. The van der Waals surface area contributed by atoms with Crippen molar-refractivity contribution in [1.82, 2.24) is 4.57 Å². The second kappa shape index (κ2) is 9.22.